The van der Waals surface area contributed by atoms with Gasteiger partial charge in [-0.3, -0.25) is 4.79 Å². The molecule has 0 radical (unpaired) electrons. The molecule has 2 heteroatoms. The first kappa shape index (κ1) is 16.0. The topological polar surface area (TPSA) is 17.1 Å². The van der Waals surface area contributed by atoms with Crippen LogP contribution >= 0.6 is 0 Å². The van der Waals surface area contributed by atoms with Crippen LogP contribution in [-0.2, 0) is 4.79 Å². The van der Waals surface area contributed by atoms with E-state index in [1.165, 1.54) is 43.8 Å². The van der Waals surface area contributed by atoms with Crippen molar-refractivity contribution in [1.82, 2.24) is 0 Å². The first-order valence-electron chi connectivity index (χ1n) is 8.76. The van der Waals surface area contributed by atoms with Crippen LogP contribution in [0.5, 0.6) is 0 Å². The van der Waals surface area contributed by atoms with Crippen molar-refractivity contribution in [2.45, 2.75) is 26.9 Å². The summed E-state index contributed by atoms with van der Waals surface area (Å²) in [6, 6.07) is 15.3. The average molecular weight is 343 g/mol. The van der Waals surface area contributed by atoms with Crippen molar-refractivity contribution in [3.8, 4) is 0 Å². The van der Waals surface area contributed by atoms with Gasteiger partial charge in [-0.15, -0.1) is 0 Å². The lowest BCUT2D eigenvalue weighted by Gasteiger charge is -2.38. The number of aryl methyl sites for hydroxylation is 2. The fraction of sp³-hybridized carbons (Fsp3) is 0.174. The maximum Gasteiger partial charge on any atom is 0.178 e. The molecule has 0 saturated carbocycles. The molecule has 25 heavy (non-hydrogen) atoms. The van der Waals surface area contributed by atoms with Crippen molar-refractivity contribution in [3.63, 3.8) is 0 Å². The normalized spacial score (nSPS) is 17.9. The van der Waals surface area contributed by atoms with Crippen LogP contribution < -0.4 is 5.19 Å². The summed E-state index contributed by atoms with van der Waals surface area (Å²) in [4.78, 5) is 12.1. The SMILES string of the molecule is Cc1ccc2c(c1)[Si](C)(C)C1=CC(=O)C=CC1=C2c1ccccc1C. The van der Waals surface area contributed by atoms with E-state index in [-0.39, 0.29) is 5.78 Å². The van der Waals surface area contributed by atoms with Gasteiger partial charge >= 0.3 is 0 Å². The third kappa shape index (κ3) is 2.40. The van der Waals surface area contributed by atoms with Crippen molar-refractivity contribution >= 4 is 24.6 Å². The average Bonchev–Trinajstić information content (AvgIpc) is 2.58. The van der Waals surface area contributed by atoms with Gasteiger partial charge in [0.15, 0.2) is 5.78 Å². The molecule has 0 fully saturated rings. The van der Waals surface area contributed by atoms with Crippen LogP contribution in [0.3, 0.4) is 0 Å². The number of fused-ring (bicyclic) bond motifs is 2. The van der Waals surface area contributed by atoms with Gasteiger partial charge in [-0.2, -0.15) is 0 Å². The summed E-state index contributed by atoms with van der Waals surface area (Å²) in [5.74, 6) is 0.111. The number of benzene rings is 2. The van der Waals surface area contributed by atoms with Gasteiger partial charge in [0, 0.05) is 0 Å². The molecule has 0 amide bonds. The predicted octanol–water partition coefficient (Wildman–Crippen LogP) is 4.64. The summed E-state index contributed by atoms with van der Waals surface area (Å²) in [5.41, 5.74) is 7.66. The highest BCUT2D eigenvalue weighted by atomic mass is 28.3. The Kier molecular flexibility index (Phi) is 3.55. The molecule has 4 rings (SSSR count). The number of hydrogen-bond donors (Lipinski definition) is 0. The molecule has 1 heterocycles. The zero-order valence-corrected chi connectivity index (χ0v) is 16.2. The Balaban J connectivity index is 2.14. The molecule has 2 aliphatic rings. The number of hydrogen-bond acceptors (Lipinski definition) is 1. The fourth-order valence-corrected chi connectivity index (χ4v) is 7.23. The number of carbonyl (C=O) groups excluding carboxylic acids is 1. The Morgan fingerprint density at radius 2 is 1.64 bits per heavy atom. The molecule has 0 aromatic heterocycles. The highest BCUT2D eigenvalue weighted by Crippen LogP contribution is 2.41. The molecule has 1 aliphatic carbocycles. The van der Waals surface area contributed by atoms with E-state index in [1.807, 2.05) is 12.2 Å². The van der Waals surface area contributed by atoms with Crippen LogP contribution in [0.2, 0.25) is 13.1 Å². The summed E-state index contributed by atoms with van der Waals surface area (Å²) in [5, 5.41) is 2.69. The van der Waals surface area contributed by atoms with Crippen LogP contribution in [-0.4, -0.2) is 13.9 Å². The van der Waals surface area contributed by atoms with Gasteiger partial charge < -0.3 is 0 Å². The summed E-state index contributed by atoms with van der Waals surface area (Å²) in [6.45, 7) is 9.03. The molecule has 2 aromatic rings. The minimum atomic E-state index is -1.91. The minimum Gasteiger partial charge on any atom is -0.290 e. The van der Waals surface area contributed by atoms with Crippen molar-refractivity contribution in [1.29, 1.82) is 0 Å². The van der Waals surface area contributed by atoms with E-state index in [9.17, 15) is 4.79 Å². The molecule has 1 nitrogen and oxygen atoms in total. The Labute approximate surface area is 150 Å². The lowest BCUT2D eigenvalue weighted by atomic mass is 9.87. The molecule has 0 bridgehead atoms. The van der Waals surface area contributed by atoms with Gasteiger partial charge in [-0.25, -0.2) is 0 Å². The second kappa shape index (κ2) is 5.53. The third-order valence-electron chi connectivity index (χ3n) is 5.47. The Bertz CT molecular complexity index is 1000. The van der Waals surface area contributed by atoms with E-state index in [0.717, 1.165) is 0 Å². The predicted molar refractivity (Wildman–Crippen MR) is 108 cm³/mol. The molecule has 0 N–H and O–H groups in total. The minimum absolute atomic E-state index is 0.111. The van der Waals surface area contributed by atoms with E-state index in [4.69, 9.17) is 0 Å². The maximum atomic E-state index is 12.1. The molecule has 2 aromatic carbocycles. The lowest BCUT2D eigenvalue weighted by molar-refractivity contribution is -0.110. The standard InChI is InChI=1S/C23H22OSi/c1-15-9-11-19-21(13-15)25(3,4)22-14-17(24)10-12-20(22)23(19)18-8-6-5-7-16(18)2/h5-14H,1-4H3. The van der Waals surface area contributed by atoms with Gasteiger partial charge in [0.2, 0.25) is 0 Å². The van der Waals surface area contributed by atoms with Gasteiger partial charge in [0.25, 0.3) is 0 Å². The Morgan fingerprint density at radius 1 is 0.880 bits per heavy atom. The highest BCUT2D eigenvalue weighted by molar-refractivity contribution is 6.98. The van der Waals surface area contributed by atoms with E-state index in [0.29, 0.717) is 0 Å². The molecular weight excluding hydrogens is 320 g/mol. The van der Waals surface area contributed by atoms with E-state index < -0.39 is 8.07 Å². The van der Waals surface area contributed by atoms with E-state index >= 15 is 0 Å². The van der Waals surface area contributed by atoms with Crippen LogP contribution in [0, 0.1) is 13.8 Å². The highest BCUT2D eigenvalue weighted by Gasteiger charge is 2.39. The second-order valence-electron chi connectivity index (χ2n) is 7.57. The molecular formula is C23H22OSi. The van der Waals surface area contributed by atoms with Gasteiger partial charge in [-0.05, 0) is 64.2 Å². The summed E-state index contributed by atoms with van der Waals surface area (Å²) in [6.07, 6.45) is 5.63. The monoisotopic (exact) mass is 342 g/mol. The van der Waals surface area contributed by atoms with Crippen molar-refractivity contribution in [2.24, 2.45) is 0 Å². The van der Waals surface area contributed by atoms with Crippen LogP contribution in [0.25, 0.3) is 5.57 Å². The van der Waals surface area contributed by atoms with Gasteiger partial charge in [-0.1, -0.05) is 67.2 Å². The maximum absolute atomic E-state index is 12.1. The van der Waals surface area contributed by atoms with Crippen molar-refractivity contribution < 1.29 is 4.79 Å². The molecule has 0 saturated heterocycles. The number of rotatable bonds is 1. The van der Waals surface area contributed by atoms with E-state index in [2.05, 4.69) is 69.4 Å². The van der Waals surface area contributed by atoms with Crippen molar-refractivity contribution in [2.75, 3.05) is 0 Å². The molecule has 0 atom stereocenters. The molecule has 124 valence electrons. The van der Waals surface area contributed by atoms with Gasteiger partial charge in [0.05, 0.1) is 0 Å². The quantitative estimate of drug-likeness (QED) is 0.690. The number of allylic oxidation sites excluding steroid dienone is 5. The largest absolute Gasteiger partial charge is 0.290 e. The third-order valence-corrected chi connectivity index (χ3v) is 8.99. The summed E-state index contributed by atoms with van der Waals surface area (Å²) in [7, 11) is -1.91. The number of ketones is 1. The smallest absolute Gasteiger partial charge is 0.178 e. The summed E-state index contributed by atoms with van der Waals surface area (Å²) < 4.78 is 0. The van der Waals surface area contributed by atoms with E-state index in [1.54, 1.807) is 6.08 Å². The molecule has 0 unspecified atom stereocenters. The molecule has 0 spiro atoms. The van der Waals surface area contributed by atoms with Crippen LogP contribution in [0.15, 0.2) is 71.5 Å². The Morgan fingerprint density at radius 3 is 2.40 bits per heavy atom. The first-order chi connectivity index (χ1) is 11.9. The van der Waals surface area contributed by atoms with Gasteiger partial charge in [0.1, 0.15) is 8.07 Å². The molecule has 1 aliphatic heterocycles. The van der Waals surface area contributed by atoms with Crippen molar-refractivity contribution in [3.05, 3.63) is 93.7 Å². The lowest BCUT2D eigenvalue weighted by Crippen LogP contribution is -2.49. The first-order valence-corrected chi connectivity index (χ1v) is 11.8. The Hall–Kier alpha value is -2.45. The zero-order valence-electron chi connectivity index (χ0n) is 15.2. The van der Waals surface area contributed by atoms with Crippen LogP contribution in [0.1, 0.15) is 22.3 Å². The van der Waals surface area contributed by atoms with Crippen LogP contribution in [0.4, 0.5) is 0 Å². The second-order valence-corrected chi connectivity index (χ2v) is 11.9. The summed E-state index contributed by atoms with van der Waals surface area (Å²) >= 11 is 0. The fourth-order valence-electron chi connectivity index (χ4n) is 4.09. The number of carbonyl (C=O) groups is 1. The zero-order chi connectivity index (χ0) is 17.8.